The summed E-state index contributed by atoms with van der Waals surface area (Å²) in [6.07, 6.45) is 9.81. The molecule has 7 rings (SSSR count). The van der Waals surface area contributed by atoms with Gasteiger partial charge in [-0.2, -0.15) is 4.98 Å². The van der Waals surface area contributed by atoms with Crippen LogP contribution in [0.15, 0.2) is 54.0 Å². The van der Waals surface area contributed by atoms with Gasteiger partial charge in [0.05, 0.1) is 12.2 Å². The lowest BCUT2D eigenvalue weighted by Gasteiger charge is -2.33. The maximum atomic E-state index is 13.4. The van der Waals surface area contributed by atoms with Gasteiger partial charge < -0.3 is 15.7 Å². The minimum atomic E-state index is -0.963. The summed E-state index contributed by atoms with van der Waals surface area (Å²) in [5.41, 5.74) is 4.71. The Bertz CT molecular complexity index is 1740. The number of benzene rings is 1. The molecule has 4 aromatic rings. The second-order valence-corrected chi connectivity index (χ2v) is 12.1. The summed E-state index contributed by atoms with van der Waals surface area (Å²) in [7, 11) is 0. The van der Waals surface area contributed by atoms with Crippen LogP contribution in [0.25, 0.3) is 16.9 Å². The highest BCUT2D eigenvalue weighted by Gasteiger charge is 2.37. The van der Waals surface area contributed by atoms with Crippen molar-refractivity contribution in [1.29, 1.82) is 0 Å². The second kappa shape index (κ2) is 11.3. The van der Waals surface area contributed by atoms with Crippen LogP contribution in [0.3, 0.4) is 0 Å². The van der Waals surface area contributed by atoms with Gasteiger partial charge in [0, 0.05) is 31.0 Å². The Labute approximate surface area is 251 Å². The monoisotopic (exact) mass is 580 g/mol. The highest BCUT2D eigenvalue weighted by atomic mass is 16.3. The molecular formula is C33H40N8O2. The van der Waals surface area contributed by atoms with Crippen LogP contribution in [0.2, 0.25) is 0 Å². The Morgan fingerprint density at radius 2 is 1.88 bits per heavy atom. The molecule has 224 valence electrons. The third kappa shape index (κ3) is 5.07. The first-order valence-corrected chi connectivity index (χ1v) is 15.6. The molecule has 0 spiro atoms. The van der Waals surface area contributed by atoms with Gasteiger partial charge in [-0.1, -0.05) is 25.1 Å². The van der Waals surface area contributed by atoms with Crippen molar-refractivity contribution in [1.82, 2.24) is 34.5 Å². The number of anilines is 2. The number of nitrogens with zero attached hydrogens (tertiary/aromatic N) is 6. The zero-order chi connectivity index (χ0) is 29.6. The minimum absolute atomic E-state index is 0.210. The van der Waals surface area contributed by atoms with E-state index in [1.54, 1.807) is 21.6 Å². The SMILES string of the molecule is C=CCn1c(=O)c2cnc(Nc3ccc4c(c3)CCN(C3CCNCC3)CC4)nc2n1-c1ccc2c(n1)[C@@](O)(CC)CC2. The summed E-state index contributed by atoms with van der Waals surface area (Å²) in [6, 6.07) is 11.1. The van der Waals surface area contributed by atoms with Crippen molar-refractivity contribution in [3.8, 4) is 5.82 Å². The van der Waals surface area contributed by atoms with E-state index in [2.05, 4.69) is 45.3 Å². The average molecular weight is 581 g/mol. The Kier molecular flexibility index (Phi) is 7.36. The van der Waals surface area contributed by atoms with Gasteiger partial charge in [0.15, 0.2) is 11.5 Å². The van der Waals surface area contributed by atoms with Crippen molar-refractivity contribution in [2.45, 2.75) is 70.1 Å². The first kappa shape index (κ1) is 27.9. The van der Waals surface area contributed by atoms with Crippen LogP contribution in [0.4, 0.5) is 11.6 Å². The van der Waals surface area contributed by atoms with Crippen molar-refractivity contribution in [2.75, 3.05) is 31.5 Å². The lowest BCUT2D eigenvalue weighted by Crippen LogP contribution is -2.44. The van der Waals surface area contributed by atoms with E-state index in [-0.39, 0.29) is 12.1 Å². The molecule has 1 saturated heterocycles. The maximum absolute atomic E-state index is 13.4. The summed E-state index contributed by atoms with van der Waals surface area (Å²) < 4.78 is 3.30. The van der Waals surface area contributed by atoms with E-state index in [1.165, 1.54) is 24.0 Å². The molecule has 5 heterocycles. The zero-order valence-corrected chi connectivity index (χ0v) is 24.8. The molecule has 1 aromatic carbocycles. The number of aromatic nitrogens is 5. The van der Waals surface area contributed by atoms with Crippen LogP contribution < -0.4 is 16.2 Å². The predicted molar refractivity (Wildman–Crippen MR) is 168 cm³/mol. The highest BCUT2D eigenvalue weighted by molar-refractivity contribution is 5.77. The molecule has 1 aliphatic carbocycles. The lowest BCUT2D eigenvalue weighted by molar-refractivity contribution is 0.0306. The van der Waals surface area contributed by atoms with Gasteiger partial charge in [0.25, 0.3) is 5.56 Å². The van der Waals surface area contributed by atoms with Gasteiger partial charge in [0.2, 0.25) is 5.95 Å². The lowest BCUT2D eigenvalue weighted by atomic mass is 9.98. The molecule has 3 aliphatic rings. The summed E-state index contributed by atoms with van der Waals surface area (Å²) in [6.45, 7) is 10.5. The third-order valence-corrected chi connectivity index (χ3v) is 9.62. The molecule has 0 unspecified atom stereocenters. The van der Waals surface area contributed by atoms with Crippen molar-refractivity contribution >= 4 is 22.7 Å². The molecule has 0 bridgehead atoms. The van der Waals surface area contributed by atoms with Crippen molar-refractivity contribution in [3.63, 3.8) is 0 Å². The number of rotatable bonds is 7. The topological polar surface area (TPSA) is 113 Å². The number of aryl methyl sites for hydroxylation is 1. The van der Waals surface area contributed by atoms with E-state index in [9.17, 15) is 9.90 Å². The Morgan fingerprint density at radius 3 is 2.67 bits per heavy atom. The van der Waals surface area contributed by atoms with E-state index in [4.69, 9.17) is 9.97 Å². The second-order valence-electron chi connectivity index (χ2n) is 12.1. The molecule has 0 saturated carbocycles. The van der Waals surface area contributed by atoms with E-state index in [0.717, 1.165) is 56.7 Å². The molecule has 3 aromatic heterocycles. The molecule has 1 fully saturated rings. The number of allylic oxidation sites excluding steroid dienone is 1. The molecule has 0 radical (unpaired) electrons. The van der Waals surface area contributed by atoms with E-state index < -0.39 is 5.60 Å². The Hall–Kier alpha value is -3.86. The van der Waals surface area contributed by atoms with E-state index in [1.807, 2.05) is 19.1 Å². The smallest absolute Gasteiger partial charge is 0.278 e. The number of aliphatic hydroxyl groups is 1. The molecule has 3 N–H and O–H groups in total. The van der Waals surface area contributed by atoms with Gasteiger partial charge >= 0.3 is 0 Å². The number of piperidine rings is 1. The minimum Gasteiger partial charge on any atom is -0.384 e. The van der Waals surface area contributed by atoms with Crippen LogP contribution in [0, 0.1) is 0 Å². The quantitative estimate of drug-likeness (QED) is 0.284. The highest BCUT2D eigenvalue weighted by Crippen LogP contribution is 2.38. The van der Waals surface area contributed by atoms with Crippen LogP contribution in [0.5, 0.6) is 0 Å². The molecule has 10 nitrogen and oxygen atoms in total. The fraction of sp³-hybridized carbons (Fsp3) is 0.455. The summed E-state index contributed by atoms with van der Waals surface area (Å²) in [5, 5.41) is 18.5. The van der Waals surface area contributed by atoms with Gasteiger partial charge in [-0.3, -0.25) is 9.69 Å². The normalized spacial score (nSPS) is 21.0. The molecule has 1 atom stereocenters. The molecular weight excluding hydrogens is 540 g/mol. The van der Waals surface area contributed by atoms with Gasteiger partial charge in [-0.15, -0.1) is 6.58 Å². The number of hydrogen-bond donors (Lipinski definition) is 3. The molecule has 2 aliphatic heterocycles. The fourth-order valence-electron chi connectivity index (χ4n) is 7.10. The van der Waals surface area contributed by atoms with E-state index in [0.29, 0.717) is 47.4 Å². The Morgan fingerprint density at radius 1 is 1.09 bits per heavy atom. The molecule has 43 heavy (non-hydrogen) atoms. The summed E-state index contributed by atoms with van der Waals surface area (Å²) in [5.74, 6) is 0.947. The first-order valence-electron chi connectivity index (χ1n) is 15.6. The number of pyridine rings is 1. The van der Waals surface area contributed by atoms with Crippen LogP contribution >= 0.6 is 0 Å². The first-order chi connectivity index (χ1) is 21.0. The van der Waals surface area contributed by atoms with Crippen LogP contribution in [-0.2, 0) is 31.4 Å². The van der Waals surface area contributed by atoms with Crippen molar-refractivity contribution < 1.29 is 5.11 Å². The van der Waals surface area contributed by atoms with Crippen molar-refractivity contribution in [3.05, 3.63) is 81.9 Å². The van der Waals surface area contributed by atoms with E-state index >= 15 is 0 Å². The predicted octanol–water partition coefficient (Wildman–Crippen LogP) is 3.60. The largest absolute Gasteiger partial charge is 0.384 e. The third-order valence-electron chi connectivity index (χ3n) is 9.62. The summed E-state index contributed by atoms with van der Waals surface area (Å²) in [4.78, 5) is 30.4. The van der Waals surface area contributed by atoms with Gasteiger partial charge in [0.1, 0.15) is 11.0 Å². The number of nitrogens with one attached hydrogen (secondary N) is 2. The Balaban J connectivity index is 1.21. The maximum Gasteiger partial charge on any atom is 0.278 e. The standard InChI is InChI=1S/C33H40N8O2/c1-3-17-40-31(42)27-21-35-32(38-30(27)41(40)28-8-6-23-9-14-33(43,4-2)29(23)37-28)36-25-7-5-22-12-18-39(19-13-24(22)20-25)26-10-15-34-16-11-26/h3,5-8,20-21,26,34,43H,1,4,9-19H2,2H3,(H,35,36,38)/t33-/m1/s1. The van der Waals surface area contributed by atoms with Gasteiger partial charge in [-0.25, -0.2) is 19.3 Å². The summed E-state index contributed by atoms with van der Waals surface area (Å²) >= 11 is 0. The fourth-order valence-corrected chi connectivity index (χ4v) is 7.10. The van der Waals surface area contributed by atoms with Crippen molar-refractivity contribution in [2.24, 2.45) is 0 Å². The van der Waals surface area contributed by atoms with Crippen LogP contribution in [0.1, 0.15) is 55.0 Å². The number of fused-ring (bicyclic) bond motifs is 3. The average Bonchev–Trinajstić information content (AvgIpc) is 3.40. The zero-order valence-electron chi connectivity index (χ0n) is 24.8. The number of hydrogen-bond acceptors (Lipinski definition) is 8. The van der Waals surface area contributed by atoms with Crippen LogP contribution in [-0.4, -0.2) is 66.5 Å². The molecule has 0 amide bonds. The molecule has 10 heteroatoms. The van der Waals surface area contributed by atoms with Gasteiger partial charge in [-0.05, 0) is 92.9 Å².